The molecule has 220 valence electrons. The SMILES string of the molecule is COc1ccc(S(=O)(=O)N(CC(=O)N(Cc2ccc(C)cc2)C(C)C(=O)NCC(C)C)c2ccc(C)cc2)cc1Br. The molecule has 2 amide bonds. The number of nitrogens with zero attached hydrogens (tertiary/aromatic N) is 2. The van der Waals surface area contributed by atoms with E-state index >= 15 is 0 Å². The predicted octanol–water partition coefficient (Wildman–Crippen LogP) is 5.46. The predicted molar refractivity (Wildman–Crippen MR) is 165 cm³/mol. The number of amides is 2. The number of benzene rings is 3. The van der Waals surface area contributed by atoms with Crippen LogP contribution in [-0.2, 0) is 26.2 Å². The van der Waals surface area contributed by atoms with E-state index in [1.165, 1.54) is 24.1 Å². The summed E-state index contributed by atoms with van der Waals surface area (Å²) in [5.74, 6) is -0.0942. The van der Waals surface area contributed by atoms with Gasteiger partial charge in [-0.1, -0.05) is 61.4 Å². The number of sulfonamides is 1. The van der Waals surface area contributed by atoms with E-state index in [4.69, 9.17) is 4.74 Å². The maximum absolute atomic E-state index is 14.0. The summed E-state index contributed by atoms with van der Waals surface area (Å²) in [7, 11) is -2.70. The highest BCUT2D eigenvalue weighted by Crippen LogP contribution is 2.31. The fourth-order valence-electron chi connectivity index (χ4n) is 4.10. The lowest BCUT2D eigenvalue weighted by Crippen LogP contribution is -2.51. The number of nitrogens with one attached hydrogen (secondary N) is 1. The Hall–Kier alpha value is -3.37. The molecule has 0 aliphatic rings. The normalized spacial score (nSPS) is 12.1. The minimum absolute atomic E-state index is 0.00800. The van der Waals surface area contributed by atoms with Gasteiger partial charge in [-0.25, -0.2) is 8.42 Å². The molecule has 1 N–H and O–H groups in total. The van der Waals surface area contributed by atoms with E-state index in [1.807, 2.05) is 52.0 Å². The van der Waals surface area contributed by atoms with Crippen LogP contribution in [0.5, 0.6) is 5.75 Å². The second kappa shape index (κ2) is 14.0. The summed E-state index contributed by atoms with van der Waals surface area (Å²) in [5.41, 5.74) is 3.18. The van der Waals surface area contributed by atoms with E-state index < -0.39 is 28.5 Å². The molecular weight excluding hydrogens is 606 g/mol. The van der Waals surface area contributed by atoms with Gasteiger partial charge in [-0.3, -0.25) is 13.9 Å². The third kappa shape index (κ3) is 8.33. The number of methoxy groups -OCH3 is 1. The van der Waals surface area contributed by atoms with Crippen molar-refractivity contribution in [3.63, 3.8) is 0 Å². The van der Waals surface area contributed by atoms with Crippen LogP contribution in [0.2, 0.25) is 0 Å². The van der Waals surface area contributed by atoms with Crippen LogP contribution in [0.15, 0.2) is 76.1 Å². The standard InChI is InChI=1S/C31H38BrN3O5S/c1-21(2)18-33-31(37)24(5)34(19-25-11-7-22(3)8-12-25)30(36)20-35(26-13-9-23(4)10-14-26)41(38,39)27-15-16-29(40-6)28(32)17-27/h7-17,21,24H,18-20H2,1-6H3,(H,33,37). The average molecular weight is 645 g/mol. The quantitative estimate of drug-likeness (QED) is 0.283. The Morgan fingerprint density at radius 2 is 1.51 bits per heavy atom. The number of hydrogen-bond acceptors (Lipinski definition) is 5. The molecule has 41 heavy (non-hydrogen) atoms. The monoisotopic (exact) mass is 643 g/mol. The summed E-state index contributed by atoms with van der Waals surface area (Å²) in [4.78, 5) is 28.5. The van der Waals surface area contributed by atoms with Crippen molar-refractivity contribution < 1.29 is 22.7 Å². The molecule has 1 atom stereocenters. The zero-order chi connectivity index (χ0) is 30.3. The van der Waals surface area contributed by atoms with Crippen LogP contribution >= 0.6 is 15.9 Å². The molecule has 0 bridgehead atoms. The number of rotatable bonds is 12. The highest BCUT2D eigenvalue weighted by atomic mass is 79.9. The van der Waals surface area contributed by atoms with E-state index in [-0.39, 0.29) is 23.3 Å². The molecule has 0 heterocycles. The van der Waals surface area contributed by atoms with Crippen molar-refractivity contribution in [2.75, 3.05) is 24.5 Å². The first kappa shape index (κ1) is 32.1. The van der Waals surface area contributed by atoms with Gasteiger partial charge in [0.15, 0.2) is 0 Å². The first-order valence-corrected chi connectivity index (χ1v) is 15.6. The van der Waals surface area contributed by atoms with Crippen molar-refractivity contribution in [2.45, 2.75) is 52.1 Å². The number of carbonyl (C=O) groups excluding carboxylic acids is 2. The smallest absolute Gasteiger partial charge is 0.264 e. The average Bonchev–Trinajstić information content (AvgIpc) is 2.94. The summed E-state index contributed by atoms with van der Waals surface area (Å²) >= 11 is 3.36. The van der Waals surface area contributed by atoms with Crippen LogP contribution in [0.3, 0.4) is 0 Å². The van der Waals surface area contributed by atoms with Gasteiger partial charge in [-0.15, -0.1) is 0 Å². The van der Waals surface area contributed by atoms with E-state index in [0.29, 0.717) is 22.5 Å². The summed E-state index contributed by atoms with van der Waals surface area (Å²) in [6.45, 7) is 9.61. The Morgan fingerprint density at radius 1 is 0.927 bits per heavy atom. The molecule has 3 aromatic rings. The molecule has 1 unspecified atom stereocenters. The molecular formula is C31H38BrN3O5S. The third-order valence-corrected chi connectivity index (χ3v) is 9.03. The van der Waals surface area contributed by atoms with Gasteiger partial charge in [0.1, 0.15) is 18.3 Å². The van der Waals surface area contributed by atoms with Gasteiger partial charge in [0.05, 0.1) is 22.2 Å². The second-order valence-corrected chi connectivity index (χ2v) is 13.2. The molecule has 0 saturated heterocycles. The molecule has 0 fully saturated rings. The summed E-state index contributed by atoms with van der Waals surface area (Å²) in [6, 6.07) is 18.2. The first-order valence-electron chi connectivity index (χ1n) is 13.4. The van der Waals surface area contributed by atoms with Gasteiger partial charge in [0.25, 0.3) is 10.0 Å². The van der Waals surface area contributed by atoms with Crippen molar-refractivity contribution in [1.29, 1.82) is 0 Å². The van der Waals surface area contributed by atoms with Gasteiger partial charge in [0, 0.05) is 13.1 Å². The zero-order valence-corrected chi connectivity index (χ0v) is 26.8. The zero-order valence-electron chi connectivity index (χ0n) is 24.3. The molecule has 0 aliphatic carbocycles. The fraction of sp³-hybridized carbons (Fsp3) is 0.355. The molecule has 0 aliphatic heterocycles. The van der Waals surface area contributed by atoms with E-state index in [0.717, 1.165) is 21.0 Å². The van der Waals surface area contributed by atoms with Gasteiger partial charge in [-0.05, 0) is 78.5 Å². The van der Waals surface area contributed by atoms with Gasteiger partial charge >= 0.3 is 0 Å². The molecule has 0 spiro atoms. The molecule has 10 heteroatoms. The number of halogens is 1. The number of aryl methyl sites for hydroxylation is 2. The largest absolute Gasteiger partial charge is 0.496 e. The van der Waals surface area contributed by atoms with E-state index in [1.54, 1.807) is 37.3 Å². The Labute approximate surface area is 251 Å². The Bertz CT molecular complexity index is 1460. The van der Waals surface area contributed by atoms with Crippen LogP contribution in [0.1, 0.15) is 37.5 Å². The van der Waals surface area contributed by atoms with Crippen LogP contribution in [0.25, 0.3) is 0 Å². The number of anilines is 1. The molecule has 0 saturated carbocycles. The lowest BCUT2D eigenvalue weighted by molar-refractivity contribution is -0.139. The minimum Gasteiger partial charge on any atom is -0.496 e. The first-order chi connectivity index (χ1) is 19.3. The van der Waals surface area contributed by atoms with Crippen molar-refractivity contribution in [1.82, 2.24) is 10.2 Å². The Kier molecular flexibility index (Phi) is 11.0. The van der Waals surface area contributed by atoms with Gasteiger partial charge < -0.3 is 15.0 Å². The number of ether oxygens (including phenoxy) is 1. The van der Waals surface area contributed by atoms with Crippen LogP contribution in [0.4, 0.5) is 5.69 Å². The lowest BCUT2D eigenvalue weighted by atomic mass is 10.1. The summed E-state index contributed by atoms with van der Waals surface area (Å²) in [5, 5.41) is 2.89. The molecule has 3 rings (SSSR count). The topological polar surface area (TPSA) is 96.0 Å². The van der Waals surface area contributed by atoms with E-state index in [2.05, 4.69) is 21.2 Å². The summed E-state index contributed by atoms with van der Waals surface area (Å²) < 4.78 is 34.9. The minimum atomic E-state index is -4.19. The molecule has 0 aromatic heterocycles. The van der Waals surface area contributed by atoms with Gasteiger partial charge in [0.2, 0.25) is 11.8 Å². The Balaban J connectivity index is 2.03. The number of hydrogen-bond donors (Lipinski definition) is 1. The molecule has 8 nitrogen and oxygen atoms in total. The molecule has 3 aromatic carbocycles. The third-order valence-electron chi connectivity index (χ3n) is 6.64. The van der Waals surface area contributed by atoms with Crippen LogP contribution in [-0.4, -0.2) is 51.4 Å². The van der Waals surface area contributed by atoms with Crippen molar-refractivity contribution in [3.05, 3.63) is 87.9 Å². The van der Waals surface area contributed by atoms with Crippen molar-refractivity contribution >= 4 is 43.5 Å². The van der Waals surface area contributed by atoms with Crippen LogP contribution in [0, 0.1) is 19.8 Å². The lowest BCUT2D eigenvalue weighted by Gasteiger charge is -2.32. The maximum atomic E-state index is 14.0. The van der Waals surface area contributed by atoms with Gasteiger partial charge in [-0.2, -0.15) is 0 Å². The summed E-state index contributed by atoms with van der Waals surface area (Å²) in [6.07, 6.45) is 0. The highest BCUT2D eigenvalue weighted by Gasteiger charge is 2.33. The van der Waals surface area contributed by atoms with Crippen molar-refractivity contribution in [3.8, 4) is 5.75 Å². The Morgan fingerprint density at radius 3 is 2.05 bits per heavy atom. The second-order valence-electron chi connectivity index (χ2n) is 10.5. The van der Waals surface area contributed by atoms with Crippen molar-refractivity contribution in [2.24, 2.45) is 5.92 Å². The fourth-order valence-corrected chi connectivity index (χ4v) is 6.23. The maximum Gasteiger partial charge on any atom is 0.264 e. The van der Waals surface area contributed by atoms with E-state index in [9.17, 15) is 18.0 Å². The van der Waals surface area contributed by atoms with Crippen LogP contribution < -0.4 is 14.4 Å². The molecule has 0 radical (unpaired) electrons. The highest BCUT2D eigenvalue weighted by molar-refractivity contribution is 9.10. The number of carbonyl (C=O) groups is 2.